The van der Waals surface area contributed by atoms with E-state index in [4.69, 9.17) is 4.74 Å². The highest BCUT2D eigenvalue weighted by Gasteiger charge is 2.08. The van der Waals surface area contributed by atoms with Crippen LogP contribution in [0.15, 0.2) is 48.5 Å². The second-order valence-electron chi connectivity index (χ2n) is 3.82. The predicted molar refractivity (Wildman–Crippen MR) is 70.8 cm³/mol. The molecule has 2 rings (SSSR count). The molecule has 0 saturated carbocycles. The number of hydrogen-bond acceptors (Lipinski definition) is 5. The van der Waals surface area contributed by atoms with E-state index in [0.717, 1.165) is 0 Å². The van der Waals surface area contributed by atoms with Gasteiger partial charge < -0.3 is 9.84 Å². The number of ether oxygens (including phenoxy) is 1. The average molecular weight is 274 g/mol. The number of nitrogens with one attached hydrogen (secondary N) is 1. The zero-order valence-electron chi connectivity index (χ0n) is 10.1. The molecule has 2 aromatic rings. The summed E-state index contributed by atoms with van der Waals surface area (Å²) in [5, 5.41) is 22.1. The lowest BCUT2D eigenvalue weighted by atomic mass is 10.3. The molecule has 0 saturated heterocycles. The summed E-state index contributed by atoms with van der Waals surface area (Å²) in [4.78, 5) is 21.5. The maximum absolute atomic E-state index is 11.6. The minimum absolute atomic E-state index is 0.0122. The molecule has 0 radical (unpaired) electrons. The smallest absolute Gasteiger partial charge is 0.417 e. The van der Waals surface area contributed by atoms with Crippen LogP contribution in [-0.2, 0) is 0 Å². The number of benzene rings is 2. The van der Waals surface area contributed by atoms with Gasteiger partial charge >= 0.3 is 6.09 Å². The van der Waals surface area contributed by atoms with Gasteiger partial charge in [-0.2, -0.15) is 0 Å². The van der Waals surface area contributed by atoms with Crippen molar-refractivity contribution in [3.63, 3.8) is 0 Å². The Morgan fingerprint density at radius 1 is 1.20 bits per heavy atom. The molecule has 2 aromatic carbocycles. The number of anilines is 1. The van der Waals surface area contributed by atoms with E-state index in [1.54, 1.807) is 12.1 Å². The minimum Gasteiger partial charge on any atom is -0.508 e. The van der Waals surface area contributed by atoms with E-state index in [2.05, 4.69) is 5.32 Å². The maximum atomic E-state index is 11.6. The van der Waals surface area contributed by atoms with E-state index in [0.29, 0.717) is 5.69 Å². The topological polar surface area (TPSA) is 102 Å². The third-order valence-electron chi connectivity index (χ3n) is 2.35. The van der Waals surface area contributed by atoms with E-state index >= 15 is 0 Å². The van der Waals surface area contributed by atoms with Crippen molar-refractivity contribution in [1.29, 1.82) is 0 Å². The molecule has 7 heteroatoms. The first-order valence-electron chi connectivity index (χ1n) is 5.57. The van der Waals surface area contributed by atoms with Gasteiger partial charge in [-0.15, -0.1) is 0 Å². The summed E-state index contributed by atoms with van der Waals surface area (Å²) >= 11 is 0. The summed E-state index contributed by atoms with van der Waals surface area (Å²) in [6.45, 7) is 0. The summed E-state index contributed by atoms with van der Waals surface area (Å²) in [5.41, 5.74) is 0.280. The van der Waals surface area contributed by atoms with Crippen molar-refractivity contribution in [2.24, 2.45) is 0 Å². The van der Waals surface area contributed by atoms with Crippen molar-refractivity contribution in [3.05, 3.63) is 58.6 Å². The quantitative estimate of drug-likeness (QED) is 0.661. The normalized spacial score (nSPS) is 9.80. The molecule has 20 heavy (non-hydrogen) atoms. The Morgan fingerprint density at radius 3 is 2.50 bits per heavy atom. The van der Waals surface area contributed by atoms with Crippen LogP contribution in [0.3, 0.4) is 0 Å². The van der Waals surface area contributed by atoms with Crippen molar-refractivity contribution >= 4 is 17.5 Å². The van der Waals surface area contributed by atoms with Gasteiger partial charge in [0.2, 0.25) is 0 Å². The fourth-order valence-corrected chi connectivity index (χ4v) is 1.47. The maximum Gasteiger partial charge on any atom is 0.417 e. The number of rotatable bonds is 3. The van der Waals surface area contributed by atoms with Crippen molar-refractivity contribution in [1.82, 2.24) is 0 Å². The molecule has 2 N–H and O–H groups in total. The van der Waals surface area contributed by atoms with E-state index in [9.17, 15) is 20.0 Å². The Kier molecular flexibility index (Phi) is 3.80. The van der Waals surface area contributed by atoms with E-state index in [1.807, 2.05) is 0 Å². The molecule has 0 atom stereocenters. The number of carbonyl (C=O) groups is 1. The van der Waals surface area contributed by atoms with Crippen LogP contribution in [0.4, 0.5) is 16.2 Å². The first kappa shape index (κ1) is 13.3. The average Bonchev–Trinajstić information content (AvgIpc) is 2.39. The Hall–Kier alpha value is -3.09. The first-order valence-corrected chi connectivity index (χ1v) is 5.57. The first-order chi connectivity index (χ1) is 9.54. The molecule has 7 nitrogen and oxygen atoms in total. The standard InChI is InChI=1S/C13H10N2O5/c16-11-3-1-2-9(8-11)14-13(17)20-12-6-4-10(5-7-12)15(18)19/h1-8,16H,(H,14,17). The molecule has 1 amide bonds. The number of aromatic hydroxyl groups is 1. The SMILES string of the molecule is O=C(Nc1cccc(O)c1)Oc1ccc([N+](=O)[O-])cc1. The Morgan fingerprint density at radius 2 is 1.90 bits per heavy atom. The molecule has 0 unspecified atom stereocenters. The number of carbonyl (C=O) groups excluding carboxylic acids is 1. The number of phenols is 1. The van der Waals surface area contributed by atoms with Gasteiger partial charge in [-0.25, -0.2) is 4.79 Å². The zero-order chi connectivity index (χ0) is 14.5. The number of phenolic OH excluding ortho intramolecular Hbond substituents is 1. The number of amides is 1. The molecular weight excluding hydrogens is 264 g/mol. The highest BCUT2D eigenvalue weighted by molar-refractivity contribution is 5.86. The summed E-state index contributed by atoms with van der Waals surface area (Å²) in [5.74, 6) is 0.186. The fourth-order valence-electron chi connectivity index (χ4n) is 1.47. The van der Waals surface area contributed by atoms with E-state index < -0.39 is 11.0 Å². The minimum atomic E-state index is -0.760. The van der Waals surface area contributed by atoms with Crippen LogP contribution in [0.5, 0.6) is 11.5 Å². The Labute approximate surface area is 113 Å². The molecule has 102 valence electrons. The van der Waals surface area contributed by atoms with E-state index in [-0.39, 0.29) is 17.2 Å². The van der Waals surface area contributed by atoms with Crippen LogP contribution >= 0.6 is 0 Å². The number of non-ortho nitro benzene ring substituents is 1. The van der Waals surface area contributed by atoms with Crippen LogP contribution in [0, 0.1) is 10.1 Å². The van der Waals surface area contributed by atoms with Crippen LogP contribution in [-0.4, -0.2) is 16.1 Å². The van der Waals surface area contributed by atoms with Gasteiger partial charge in [0, 0.05) is 23.9 Å². The summed E-state index contributed by atoms with van der Waals surface area (Å²) in [6.07, 6.45) is -0.760. The Balaban J connectivity index is 1.99. The lowest BCUT2D eigenvalue weighted by Gasteiger charge is -2.06. The van der Waals surface area contributed by atoms with Gasteiger partial charge in [0.1, 0.15) is 11.5 Å². The summed E-state index contributed by atoms with van der Waals surface area (Å²) in [7, 11) is 0. The van der Waals surface area contributed by atoms with Gasteiger partial charge in [0.15, 0.2) is 0 Å². The molecule has 0 aromatic heterocycles. The molecule has 0 aliphatic carbocycles. The van der Waals surface area contributed by atoms with Gasteiger partial charge in [0.25, 0.3) is 5.69 Å². The molecule has 0 heterocycles. The highest BCUT2D eigenvalue weighted by atomic mass is 16.6. The van der Waals surface area contributed by atoms with Crippen LogP contribution < -0.4 is 10.1 Å². The molecular formula is C13H10N2O5. The number of nitrogens with zero attached hydrogens (tertiary/aromatic N) is 1. The third kappa shape index (κ3) is 3.45. The van der Waals surface area contributed by atoms with Gasteiger partial charge in [-0.3, -0.25) is 15.4 Å². The molecule has 0 aliphatic heterocycles. The lowest BCUT2D eigenvalue weighted by molar-refractivity contribution is -0.384. The predicted octanol–water partition coefficient (Wildman–Crippen LogP) is 2.91. The van der Waals surface area contributed by atoms with Crippen LogP contribution in [0.2, 0.25) is 0 Å². The van der Waals surface area contributed by atoms with Crippen LogP contribution in [0.1, 0.15) is 0 Å². The van der Waals surface area contributed by atoms with Crippen molar-refractivity contribution < 1.29 is 19.6 Å². The molecule has 0 fully saturated rings. The Bertz CT molecular complexity index is 639. The van der Waals surface area contributed by atoms with Gasteiger partial charge in [-0.1, -0.05) is 6.07 Å². The third-order valence-corrected chi connectivity index (χ3v) is 2.35. The van der Waals surface area contributed by atoms with Crippen LogP contribution in [0.25, 0.3) is 0 Å². The number of nitro benzene ring substituents is 1. The number of hydrogen-bond donors (Lipinski definition) is 2. The second kappa shape index (κ2) is 5.70. The monoisotopic (exact) mass is 274 g/mol. The molecule has 0 spiro atoms. The van der Waals surface area contributed by atoms with Gasteiger partial charge in [0.05, 0.1) is 4.92 Å². The largest absolute Gasteiger partial charge is 0.508 e. The van der Waals surface area contributed by atoms with Gasteiger partial charge in [-0.05, 0) is 24.3 Å². The second-order valence-corrected chi connectivity index (χ2v) is 3.82. The van der Waals surface area contributed by atoms with E-state index in [1.165, 1.54) is 36.4 Å². The van der Waals surface area contributed by atoms with Crippen molar-refractivity contribution in [3.8, 4) is 11.5 Å². The summed E-state index contributed by atoms with van der Waals surface area (Å²) < 4.78 is 4.94. The lowest BCUT2D eigenvalue weighted by Crippen LogP contribution is -2.16. The fraction of sp³-hybridized carbons (Fsp3) is 0. The number of nitro groups is 1. The zero-order valence-corrected chi connectivity index (χ0v) is 10.1. The summed E-state index contributed by atoms with van der Waals surface area (Å²) in [6, 6.07) is 11.1. The molecule has 0 bridgehead atoms. The molecule has 0 aliphatic rings. The van der Waals surface area contributed by atoms with Crippen molar-refractivity contribution in [2.75, 3.05) is 5.32 Å². The highest BCUT2D eigenvalue weighted by Crippen LogP contribution is 2.19. The van der Waals surface area contributed by atoms with Crippen molar-refractivity contribution in [2.45, 2.75) is 0 Å².